The van der Waals surface area contributed by atoms with E-state index in [1.807, 2.05) is 0 Å². The minimum absolute atomic E-state index is 0.0130. The van der Waals surface area contributed by atoms with Crippen LogP contribution < -0.4 is 0 Å². The lowest BCUT2D eigenvalue weighted by atomic mass is 10.1. The monoisotopic (exact) mass is 343 g/mol. The molecule has 0 aliphatic rings. The molecule has 0 radical (unpaired) electrons. The summed E-state index contributed by atoms with van der Waals surface area (Å²) in [4.78, 5) is 23.6. The summed E-state index contributed by atoms with van der Waals surface area (Å²) in [6, 6.07) is 10.2. The van der Waals surface area contributed by atoms with Gasteiger partial charge in [0.15, 0.2) is 11.5 Å². The van der Waals surface area contributed by atoms with Gasteiger partial charge in [0, 0.05) is 18.1 Å². The highest BCUT2D eigenvalue weighted by Gasteiger charge is 2.13. The van der Waals surface area contributed by atoms with Gasteiger partial charge in [0.25, 0.3) is 0 Å². The molecule has 0 aliphatic carbocycles. The van der Waals surface area contributed by atoms with Crippen molar-refractivity contribution in [2.24, 2.45) is 0 Å². The van der Waals surface area contributed by atoms with Crippen LogP contribution in [0.25, 0.3) is 11.5 Å². The first kappa shape index (κ1) is 16.6. The van der Waals surface area contributed by atoms with E-state index in [0.717, 1.165) is 0 Å². The van der Waals surface area contributed by atoms with Crippen LogP contribution >= 0.6 is 0 Å². The van der Waals surface area contributed by atoms with Crippen molar-refractivity contribution in [3.05, 3.63) is 65.8 Å². The molecular weight excluding hydrogens is 329 g/mol. The first-order valence-corrected chi connectivity index (χ1v) is 7.55. The van der Waals surface area contributed by atoms with Crippen molar-refractivity contribution in [2.75, 3.05) is 0 Å². The van der Waals surface area contributed by atoms with E-state index in [9.17, 15) is 14.0 Å². The Morgan fingerprint density at radius 2 is 1.88 bits per heavy atom. The number of rotatable bonds is 7. The molecule has 3 rings (SSSR count). The number of Topliss-reactive ketones (excluding diaryl/α,β-unsaturated/α-hetero) is 1. The summed E-state index contributed by atoms with van der Waals surface area (Å²) in [5, 5.41) is 3.78. The maximum atomic E-state index is 12.8. The normalized spacial score (nSPS) is 10.6. The predicted octanol–water partition coefficient (Wildman–Crippen LogP) is 3.78. The number of benzene rings is 1. The number of hydrogen-bond acceptors (Lipinski definition) is 6. The maximum Gasteiger partial charge on any atom is 0.306 e. The van der Waals surface area contributed by atoms with Crippen molar-refractivity contribution in [3.8, 4) is 11.5 Å². The molecule has 0 saturated carbocycles. The molecule has 0 atom stereocenters. The fourth-order valence-corrected chi connectivity index (χ4v) is 2.14. The number of carbonyl (C=O) groups excluding carboxylic acids is 2. The van der Waals surface area contributed by atoms with Crippen LogP contribution in [0.1, 0.15) is 28.9 Å². The van der Waals surface area contributed by atoms with E-state index in [2.05, 4.69) is 5.16 Å². The van der Waals surface area contributed by atoms with Gasteiger partial charge in [-0.3, -0.25) is 9.59 Å². The van der Waals surface area contributed by atoms with E-state index >= 15 is 0 Å². The second-order valence-corrected chi connectivity index (χ2v) is 5.25. The van der Waals surface area contributed by atoms with E-state index in [-0.39, 0.29) is 25.2 Å². The minimum Gasteiger partial charge on any atom is -0.461 e. The molecule has 1 aromatic carbocycles. The summed E-state index contributed by atoms with van der Waals surface area (Å²) in [6.07, 6.45) is 1.43. The van der Waals surface area contributed by atoms with Crippen molar-refractivity contribution in [3.63, 3.8) is 0 Å². The van der Waals surface area contributed by atoms with Crippen LogP contribution in [0.2, 0.25) is 0 Å². The molecule has 0 fully saturated rings. The molecule has 2 aromatic heterocycles. The number of aromatic nitrogens is 1. The second kappa shape index (κ2) is 7.57. The number of ether oxygens (including phenoxy) is 1. The SMILES string of the molecule is O=C(CCC(=O)c1ccc(F)cc1)OCc1cc(-c2ccco2)on1. The summed E-state index contributed by atoms with van der Waals surface area (Å²) >= 11 is 0. The predicted molar refractivity (Wildman–Crippen MR) is 84.0 cm³/mol. The van der Waals surface area contributed by atoms with Gasteiger partial charge in [-0.15, -0.1) is 0 Å². The molecule has 0 unspecified atom stereocenters. The Morgan fingerprint density at radius 3 is 2.60 bits per heavy atom. The second-order valence-electron chi connectivity index (χ2n) is 5.25. The lowest BCUT2D eigenvalue weighted by molar-refractivity contribution is -0.145. The summed E-state index contributed by atoms with van der Waals surface area (Å²) in [5.74, 6) is -0.244. The Morgan fingerprint density at radius 1 is 1.08 bits per heavy atom. The number of hydrogen-bond donors (Lipinski definition) is 0. The lowest BCUT2D eigenvalue weighted by Gasteiger charge is -2.02. The van der Waals surface area contributed by atoms with Crippen LogP contribution in [-0.4, -0.2) is 16.9 Å². The highest BCUT2D eigenvalue weighted by atomic mass is 19.1. The quantitative estimate of drug-likeness (QED) is 0.479. The smallest absolute Gasteiger partial charge is 0.306 e. The summed E-state index contributed by atoms with van der Waals surface area (Å²) in [7, 11) is 0. The zero-order chi connectivity index (χ0) is 17.6. The molecule has 0 amide bonds. The third kappa shape index (κ3) is 4.41. The van der Waals surface area contributed by atoms with Gasteiger partial charge in [0.2, 0.25) is 5.76 Å². The summed E-state index contributed by atoms with van der Waals surface area (Å²) in [5.41, 5.74) is 0.790. The molecule has 0 spiro atoms. The number of esters is 1. The van der Waals surface area contributed by atoms with Gasteiger partial charge in [-0.2, -0.15) is 0 Å². The molecule has 0 aliphatic heterocycles. The Labute approximate surface area is 142 Å². The third-order valence-corrected chi connectivity index (χ3v) is 3.43. The fraction of sp³-hybridized carbons (Fsp3) is 0.167. The Kier molecular flexibility index (Phi) is 5.03. The molecule has 0 N–H and O–H groups in total. The van der Waals surface area contributed by atoms with Gasteiger partial charge in [-0.1, -0.05) is 5.16 Å². The highest BCUT2D eigenvalue weighted by Crippen LogP contribution is 2.20. The van der Waals surface area contributed by atoms with Gasteiger partial charge in [-0.05, 0) is 36.4 Å². The van der Waals surface area contributed by atoms with Crippen LogP contribution in [-0.2, 0) is 16.1 Å². The first-order chi connectivity index (χ1) is 12.1. The minimum atomic E-state index is -0.530. The van der Waals surface area contributed by atoms with Crippen LogP contribution in [0.5, 0.6) is 0 Å². The summed E-state index contributed by atoms with van der Waals surface area (Å²) in [6.45, 7) is -0.0617. The van der Waals surface area contributed by atoms with Gasteiger partial charge < -0.3 is 13.7 Å². The van der Waals surface area contributed by atoms with Crippen molar-refractivity contribution in [1.29, 1.82) is 0 Å². The molecule has 0 saturated heterocycles. The van der Waals surface area contributed by atoms with Crippen LogP contribution in [0.15, 0.2) is 57.7 Å². The Bertz CT molecular complexity index is 852. The first-order valence-electron chi connectivity index (χ1n) is 7.55. The van der Waals surface area contributed by atoms with Crippen LogP contribution in [0.3, 0.4) is 0 Å². The number of furan rings is 1. The number of nitrogens with zero attached hydrogens (tertiary/aromatic N) is 1. The molecule has 0 bridgehead atoms. The maximum absolute atomic E-state index is 12.8. The zero-order valence-corrected chi connectivity index (χ0v) is 13.1. The molecule has 6 nitrogen and oxygen atoms in total. The van der Waals surface area contributed by atoms with E-state index < -0.39 is 11.8 Å². The van der Waals surface area contributed by atoms with Crippen LogP contribution in [0, 0.1) is 5.82 Å². The zero-order valence-electron chi connectivity index (χ0n) is 13.1. The molecule has 7 heteroatoms. The van der Waals surface area contributed by atoms with Gasteiger partial charge >= 0.3 is 5.97 Å². The van der Waals surface area contributed by atoms with Crippen molar-refractivity contribution in [2.45, 2.75) is 19.4 Å². The molecular formula is C18H14FNO5. The van der Waals surface area contributed by atoms with Gasteiger partial charge in [0.05, 0.1) is 12.7 Å². The van der Waals surface area contributed by atoms with Crippen LogP contribution in [0.4, 0.5) is 4.39 Å². The number of carbonyl (C=O) groups is 2. The van der Waals surface area contributed by atoms with E-state index in [1.165, 1.54) is 30.5 Å². The number of halogens is 1. The standard InChI is InChI=1S/C18H14FNO5/c19-13-5-3-12(4-6-13)15(21)7-8-18(22)24-11-14-10-17(25-20-14)16-2-1-9-23-16/h1-6,9-10H,7-8,11H2. The molecule has 25 heavy (non-hydrogen) atoms. The highest BCUT2D eigenvalue weighted by molar-refractivity contribution is 5.97. The lowest BCUT2D eigenvalue weighted by Crippen LogP contribution is -2.08. The van der Waals surface area contributed by atoms with Gasteiger partial charge in [-0.25, -0.2) is 4.39 Å². The van der Waals surface area contributed by atoms with E-state index in [1.54, 1.807) is 18.2 Å². The number of ketones is 1. The third-order valence-electron chi connectivity index (χ3n) is 3.43. The average Bonchev–Trinajstić information content (AvgIpc) is 3.29. The summed E-state index contributed by atoms with van der Waals surface area (Å²) < 4.78 is 28.1. The molecule has 128 valence electrons. The molecule has 3 aromatic rings. The fourth-order valence-electron chi connectivity index (χ4n) is 2.14. The Hall–Kier alpha value is -3.22. The van der Waals surface area contributed by atoms with E-state index in [4.69, 9.17) is 13.7 Å². The van der Waals surface area contributed by atoms with E-state index in [0.29, 0.717) is 22.8 Å². The van der Waals surface area contributed by atoms with Crippen molar-refractivity contribution < 1.29 is 27.7 Å². The topological polar surface area (TPSA) is 82.5 Å². The van der Waals surface area contributed by atoms with Gasteiger partial charge in [0.1, 0.15) is 18.1 Å². The van der Waals surface area contributed by atoms with Crippen molar-refractivity contribution >= 4 is 11.8 Å². The Balaban J connectivity index is 1.45. The largest absolute Gasteiger partial charge is 0.461 e. The molecule has 2 heterocycles. The average molecular weight is 343 g/mol. The van der Waals surface area contributed by atoms with Crippen molar-refractivity contribution in [1.82, 2.24) is 5.16 Å².